The van der Waals surface area contributed by atoms with Crippen LogP contribution in [0.1, 0.15) is 0 Å². The van der Waals surface area contributed by atoms with Crippen LogP contribution in [-0.4, -0.2) is 23.9 Å². The maximum atomic E-state index is 0. The Kier molecular flexibility index (Phi) is 146. The van der Waals surface area contributed by atoms with Crippen molar-refractivity contribution in [1.82, 2.24) is 0 Å². The molecule has 0 aromatic carbocycles. The Bertz CT molecular complexity index is 8.00. The fourth-order valence-electron chi connectivity index (χ4n) is 0. The van der Waals surface area contributed by atoms with E-state index in [0.717, 1.165) is 0 Å². The van der Waals surface area contributed by atoms with E-state index in [9.17, 15) is 0 Å². The van der Waals surface area contributed by atoms with Crippen molar-refractivity contribution in [2.75, 3.05) is 0 Å². The molecule has 0 saturated carbocycles. The van der Waals surface area contributed by atoms with Gasteiger partial charge in [-0.05, 0) is 0 Å². The number of hydrogen-bond acceptors (Lipinski definition) is 0. The second kappa shape index (κ2) is 18.1. The van der Waals surface area contributed by atoms with Gasteiger partial charge in [-0.3, -0.25) is 0 Å². The summed E-state index contributed by atoms with van der Waals surface area (Å²) in [4.78, 5) is 0. The molecule has 0 N–H and O–H groups in total. The van der Waals surface area contributed by atoms with Gasteiger partial charge in [0.05, 0.1) is 0 Å². The van der Waals surface area contributed by atoms with Crippen molar-refractivity contribution in [3.8, 4) is 0 Å². The molecule has 0 nitrogen and oxygen atoms in total. The fraction of sp³-hybridized carbons (Fsp3) is 0. The average molecular weight is 284 g/mol. The third-order valence-corrected chi connectivity index (χ3v) is 0. The Morgan fingerprint density at radius 3 is 1.00 bits per heavy atom. The maximum Gasteiger partial charge on any atom is 0 e. The second-order valence-electron chi connectivity index (χ2n) is 0. The van der Waals surface area contributed by atoms with Crippen LogP contribution in [0, 0.1) is 0 Å². The zero-order valence-corrected chi connectivity index (χ0v) is 8.13. The first-order valence-electron chi connectivity index (χ1n) is 0. The van der Waals surface area contributed by atoms with Crippen LogP contribution in [0.5, 0.6) is 0 Å². The van der Waals surface area contributed by atoms with Crippen molar-refractivity contribution in [2.45, 2.75) is 0 Å². The molecular weight excluding hydrogens is 284 g/mol. The van der Waals surface area contributed by atoms with Gasteiger partial charge in [0.15, 0.2) is 0 Å². The van der Waals surface area contributed by atoms with Crippen LogP contribution in [0.2, 0.25) is 0 Å². The SMILES string of the molecule is [Co].[Mn].[Sn].[V]. The Labute approximate surface area is 75.4 Å². The van der Waals surface area contributed by atoms with Crippen LogP contribution in [-0.2, 0) is 52.4 Å². The maximum absolute atomic E-state index is 0. The molecule has 0 aliphatic carbocycles. The summed E-state index contributed by atoms with van der Waals surface area (Å²) in [6.45, 7) is 0. The standard InChI is InChI=1S/Co.Mn.Sn.V. The average Bonchev–Trinajstić information content (AvgIpc) is 0. The van der Waals surface area contributed by atoms with Crippen LogP contribution >= 0.6 is 0 Å². The predicted octanol–water partition coefficient (Wildman–Crippen LogP) is -0.388. The van der Waals surface area contributed by atoms with Gasteiger partial charge in [0.1, 0.15) is 0 Å². The van der Waals surface area contributed by atoms with E-state index in [1.165, 1.54) is 0 Å². The van der Waals surface area contributed by atoms with Crippen molar-refractivity contribution in [3.05, 3.63) is 0 Å². The minimum absolute atomic E-state index is 0. The zero-order valence-electron chi connectivity index (χ0n) is 1.66. The molecule has 0 heterocycles. The van der Waals surface area contributed by atoms with Gasteiger partial charge in [-0.25, -0.2) is 0 Å². The Balaban J connectivity index is 0. The summed E-state index contributed by atoms with van der Waals surface area (Å²) in [6.07, 6.45) is 0. The number of hydrogen-bond donors (Lipinski definition) is 0. The van der Waals surface area contributed by atoms with Gasteiger partial charge in [-0.15, -0.1) is 0 Å². The van der Waals surface area contributed by atoms with Crippen LogP contribution in [0.4, 0.5) is 0 Å². The van der Waals surface area contributed by atoms with E-state index in [4.69, 9.17) is 0 Å². The molecule has 4 heteroatoms. The smallest absolute Gasteiger partial charge is 0 e. The fourth-order valence-corrected chi connectivity index (χ4v) is 0. The number of rotatable bonds is 0. The molecule has 0 atom stereocenters. The van der Waals surface area contributed by atoms with E-state index in [2.05, 4.69) is 0 Å². The molecule has 0 aliphatic heterocycles. The summed E-state index contributed by atoms with van der Waals surface area (Å²) in [7, 11) is 0. The second-order valence-corrected chi connectivity index (χ2v) is 0. The van der Waals surface area contributed by atoms with E-state index >= 15 is 0 Å². The normalized spacial score (nSPS) is 0. The van der Waals surface area contributed by atoms with Gasteiger partial charge >= 0.3 is 0 Å². The monoisotopic (exact) mass is 285 g/mol. The largest absolute Gasteiger partial charge is 0 e. The summed E-state index contributed by atoms with van der Waals surface area (Å²) < 4.78 is 0. The molecule has 7 radical (unpaired) electrons. The molecule has 0 aromatic heterocycles. The molecule has 0 aromatic rings. The molecule has 0 unspecified atom stereocenters. The summed E-state index contributed by atoms with van der Waals surface area (Å²) in [6, 6.07) is 0. The van der Waals surface area contributed by atoms with E-state index < -0.39 is 0 Å². The van der Waals surface area contributed by atoms with Crippen molar-refractivity contribution in [1.29, 1.82) is 0 Å². The molecule has 0 bridgehead atoms. The van der Waals surface area contributed by atoms with Gasteiger partial charge < -0.3 is 0 Å². The molecule has 0 saturated heterocycles. The van der Waals surface area contributed by atoms with Crippen molar-refractivity contribution in [2.24, 2.45) is 0 Å². The van der Waals surface area contributed by atoms with Crippen LogP contribution in [0.25, 0.3) is 0 Å². The van der Waals surface area contributed by atoms with E-state index in [1.54, 1.807) is 0 Å². The Morgan fingerprint density at radius 1 is 1.00 bits per heavy atom. The minimum atomic E-state index is 0. The van der Waals surface area contributed by atoms with Gasteiger partial charge in [0.2, 0.25) is 0 Å². The van der Waals surface area contributed by atoms with Gasteiger partial charge in [-0.1, -0.05) is 0 Å². The summed E-state index contributed by atoms with van der Waals surface area (Å²) in [5.41, 5.74) is 0. The van der Waals surface area contributed by atoms with Crippen LogP contribution < -0.4 is 0 Å². The zero-order chi connectivity index (χ0) is 0. The predicted molar refractivity (Wildman–Crippen MR) is 5.75 cm³/mol. The third-order valence-electron chi connectivity index (χ3n) is 0. The molecule has 4 heavy (non-hydrogen) atoms. The first kappa shape index (κ1) is 32.3. The quantitative estimate of drug-likeness (QED) is 0.531. The van der Waals surface area contributed by atoms with Crippen molar-refractivity contribution in [3.63, 3.8) is 0 Å². The Hall–Kier alpha value is 2.41. The molecule has 0 spiro atoms. The topological polar surface area (TPSA) is 0 Å². The molecule has 0 fully saturated rings. The van der Waals surface area contributed by atoms with Crippen molar-refractivity contribution < 1.29 is 52.4 Å². The van der Waals surface area contributed by atoms with Crippen LogP contribution in [0.3, 0.4) is 0 Å². The van der Waals surface area contributed by atoms with Gasteiger partial charge in [0, 0.05) is 76.3 Å². The molecule has 0 rings (SSSR count). The first-order valence-corrected chi connectivity index (χ1v) is 0. The summed E-state index contributed by atoms with van der Waals surface area (Å²) in [5, 5.41) is 0. The Morgan fingerprint density at radius 2 is 1.00 bits per heavy atom. The first-order chi connectivity index (χ1) is 0. The molecule has 0 aliphatic rings. The summed E-state index contributed by atoms with van der Waals surface area (Å²) >= 11 is 0. The van der Waals surface area contributed by atoms with Crippen LogP contribution in [0.15, 0.2) is 0 Å². The van der Waals surface area contributed by atoms with E-state index in [0.29, 0.717) is 0 Å². The summed E-state index contributed by atoms with van der Waals surface area (Å²) in [5.74, 6) is 0. The van der Waals surface area contributed by atoms with E-state index in [-0.39, 0.29) is 76.3 Å². The third kappa shape index (κ3) is 8.83. The molecular formula is CoMnSnV. The molecule has 0 amide bonds. The van der Waals surface area contributed by atoms with Gasteiger partial charge in [-0.2, -0.15) is 0 Å². The van der Waals surface area contributed by atoms with Gasteiger partial charge in [0.25, 0.3) is 0 Å². The molecule has 25 valence electrons. The van der Waals surface area contributed by atoms with Crippen molar-refractivity contribution >= 4 is 23.9 Å². The minimum Gasteiger partial charge on any atom is 0 e. The van der Waals surface area contributed by atoms with E-state index in [1.807, 2.05) is 0 Å².